The van der Waals surface area contributed by atoms with Crippen LogP contribution in [-0.4, -0.2) is 21.0 Å². The van der Waals surface area contributed by atoms with Gasteiger partial charge in [0.25, 0.3) is 0 Å². The molecular formula is C12H10N2O2S. The molecule has 1 aromatic heterocycles. The van der Waals surface area contributed by atoms with E-state index in [2.05, 4.69) is 9.97 Å². The molecule has 1 N–H and O–H groups in total. The van der Waals surface area contributed by atoms with Gasteiger partial charge in [-0.1, -0.05) is 29.5 Å². The minimum atomic E-state index is -1.06. The summed E-state index contributed by atoms with van der Waals surface area (Å²) in [5.74, 6) is -1.06. The molecule has 0 atom stereocenters. The van der Waals surface area contributed by atoms with Crippen molar-refractivity contribution in [1.29, 1.82) is 0 Å². The Kier molecular flexibility index (Phi) is 3.39. The molecule has 2 aromatic rings. The average molecular weight is 246 g/mol. The number of benzene rings is 1. The summed E-state index contributed by atoms with van der Waals surface area (Å²) in [5.41, 5.74) is 1.14. The molecule has 5 heteroatoms. The molecule has 1 aromatic carbocycles. The van der Waals surface area contributed by atoms with Crippen molar-refractivity contribution in [3.63, 3.8) is 0 Å². The second kappa shape index (κ2) is 4.97. The summed E-state index contributed by atoms with van der Waals surface area (Å²) in [7, 11) is 0. The summed E-state index contributed by atoms with van der Waals surface area (Å²) in [5, 5.41) is 9.38. The van der Waals surface area contributed by atoms with Crippen molar-refractivity contribution < 1.29 is 9.90 Å². The maximum absolute atomic E-state index is 11.0. The lowest BCUT2D eigenvalue weighted by atomic mass is 10.2. The lowest BCUT2D eigenvalue weighted by Gasteiger charge is -2.03. The normalized spacial score (nSPS) is 10.2. The third kappa shape index (κ3) is 2.82. The number of aromatic nitrogens is 2. The molecule has 1 heterocycles. The number of carboxylic acids is 1. The van der Waals surface area contributed by atoms with Crippen molar-refractivity contribution in [1.82, 2.24) is 9.97 Å². The van der Waals surface area contributed by atoms with E-state index in [4.69, 9.17) is 5.11 Å². The van der Waals surface area contributed by atoms with Crippen molar-refractivity contribution in [2.45, 2.75) is 16.8 Å². The minimum absolute atomic E-state index is 0.0157. The zero-order chi connectivity index (χ0) is 12.3. The van der Waals surface area contributed by atoms with Crippen LogP contribution < -0.4 is 0 Å². The van der Waals surface area contributed by atoms with Crippen LogP contribution in [0, 0.1) is 6.92 Å². The van der Waals surface area contributed by atoms with E-state index in [9.17, 15) is 4.79 Å². The Balaban J connectivity index is 2.30. The van der Waals surface area contributed by atoms with Gasteiger partial charge in [0, 0.05) is 17.3 Å². The zero-order valence-electron chi connectivity index (χ0n) is 9.12. The molecule has 86 valence electrons. The molecular weight excluding hydrogens is 236 g/mol. The molecule has 0 spiro atoms. The van der Waals surface area contributed by atoms with Crippen LogP contribution in [0.3, 0.4) is 0 Å². The second-order valence-corrected chi connectivity index (χ2v) is 4.49. The smallest absolute Gasteiger partial charge is 0.357 e. The third-order valence-corrected chi connectivity index (χ3v) is 3.10. The Morgan fingerprint density at radius 3 is 2.47 bits per heavy atom. The van der Waals surface area contributed by atoms with Gasteiger partial charge in [0.05, 0.1) is 0 Å². The third-order valence-electron chi connectivity index (χ3n) is 2.10. The van der Waals surface area contributed by atoms with Crippen molar-refractivity contribution in [2.75, 3.05) is 0 Å². The standard InChI is InChI=1S/C12H10N2O2S/c1-8-2-4-9(5-3-8)17-11-10(12(15)16)13-6-7-14-11/h2-7H,1H3,(H,15,16). The fourth-order valence-electron chi connectivity index (χ4n) is 1.26. The second-order valence-electron chi connectivity index (χ2n) is 3.43. The highest BCUT2D eigenvalue weighted by Crippen LogP contribution is 2.27. The summed E-state index contributed by atoms with van der Waals surface area (Å²) in [6, 6.07) is 7.80. The van der Waals surface area contributed by atoms with Crippen molar-refractivity contribution in [2.24, 2.45) is 0 Å². The van der Waals surface area contributed by atoms with Crippen LogP contribution in [0.5, 0.6) is 0 Å². The molecule has 4 nitrogen and oxygen atoms in total. The van der Waals surface area contributed by atoms with E-state index in [1.165, 1.54) is 24.2 Å². The monoisotopic (exact) mass is 246 g/mol. The molecule has 0 fully saturated rings. The quantitative estimate of drug-likeness (QED) is 0.902. The maximum Gasteiger partial charge on any atom is 0.357 e. The van der Waals surface area contributed by atoms with Gasteiger partial charge in [-0.2, -0.15) is 0 Å². The minimum Gasteiger partial charge on any atom is -0.476 e. The van der Waals surface area contributed by atoms with Gasteiger partial charge in [-0.25, -0.2) is 14.8 Å². The highest BCUT2D eigenvalue weighted by Gasteiger charge is 2.13. The van der Waals surface area contributed by atoms with Gasteiger partial charge < -0.3 is 5.11 Å². The lowest BCUT2D eigenvalue weighted by molar-refractivity contribution is 0.0685. The molecule has 0 bridgehead atoms. The maximum atomic E-state index is 11.0. The number of hydrogen-bond acceptors (Lipinski definition) is 4. The van der Waals surface area contributed by atoms with Gasteiger partial charge in [0.1, 0.15) is 5.03 Å². The van der Waals surface area contributed by atoms with Crippen molar-refractivity contribution >= 4 is 17.7 Å². The van der Waals surface area contributed by atoms with E-state index in [1.54, 1.807) is 0 Å². The summed E-state index contributed by atoms with van der Waals surface area (Å²) in [6.45, 7) is 2.00. The van der Waals surface area contributed by atoms with E-state index in [-0.39, 0.29) is 5.69 Å². The number of rotatable bonds is 3. The van der Waals surface area contributed by atoms with Gasteiger partial charge in [-0.05, 0) is 19.1 Å². The first-order valence-electron chi connectivity index (χ1n) is 4.95. The van der Waals surface area contributed by atoms with Crippen LogP contribution >= 0.6 is 11.8 Å². The Morgan fingerprint density at radius 1 is 1.18 bits per heavy atom. The molecule has 17 heavy (non-hydrogen) atoms. The van der Waals surface area contributed by atoms with Crippen LogP contribution in [0.1, 0.15) is 16.1 Å². The van der Waals surface area contributed by atoms with E-state index in [0.717, 1.165) is 10.5 Å². The molecule has 2 rings (SSSR count). The molecule has 0 aliphatic heterocycles. The van der Waals surface area contributed by atoms with E-state index in [0.29, 0.717) is 5.03 Å². The predicted molar refractivity (Wildman–Crippen MR) is 64.3 cm³/mol. The summed E-state index contributed by atoms with van der Waals surface area (Å²) in [6.07, 6.45) is 2.87. The number of aromatic carboxylic acids is 1. The van der Waals surface area contributed by atoms with Crippen LogP contribution in [0.4, 0.5) is 0 Å². The topological polar surface area (TPSA) is 63.1 Å². The van der Waals surface area contributed by atoms with Crippen molar-refractivity contribution in [3.8, 4) is 0 Å². The first-order chi connectivity index (χ1) is 8.16. The average Bonchev–Trinajstić information content (AvgIpc) is 2.32. The Hall–Kier alpha value is -1.88. The molecule has 0 aliphatic carbocycles. The largest absolute Gasteiger partial charge is 0.476 e. The SMILES string of the molecule is Cc1ccc(Sc2nccnc2C(=O)O)cc1. The summed E-state index contributed by atoms with van der Waals surface area (Å²) < 4.78 is 0. The van der Waals surface area contributed by atoms with Crippen LogP contribution in [0.2, 0.25) is 0 Å². The molecule has 0 aliphatic rings. The number of hydrogen-bond donors (Lipinski definition) is 1. The number of aryl methyl sites for hydroxylation is 1. The van der Waals surface area contributed by atoms with Crippen LogP contribution in [0.25, 0.3) is 0 Å². The first-order valence-corrected chi connectivity index (χ1v) is 5.77. The molecule has 0 saturated heterocycles. The highest BCUT2D eigenvalue weighted by molar-refractivity contribution is 7.99. The molecule has 0 saturated carbocycles. The van der Waals surface area contributed by atoms with Crippen LogP contribution in [0.15, 0.2) is 46.6 Å². The predicted octanol–water partition coefficient (Wildman–Crippen LogP) is 2.63. The van der Waals surface area contributed by atoms with Crippen LogP contribution in [-0.2, 0) is 0 Å². The lowest BCUT2D eigenvalue weighted by Crippen LogP contribution is -2.03. The van der Waals surface area contributed by atoms with E-state index in [1.807, 2.05) is 31.2 Å². The Bertz CT molecular complexity index is 540. The summed E-state index contributed by atoms with van der Waals surface area (Å²) >= 11 is 1.30. The number of carbonyl (C=O) groups is 1. The number of carboxylic acid groups (broad SMARTS) is 1. The first kappa shape index (κ1) is 11.6. The van der Waals surface area contributed by atoms with Gasteiger partial charge in [-0.15, -0.1) is 0 Å². The van der Waals surface area contributed by atoms with Crippen molar-refractivity contribution in [3.05, 3.63) is 47.9 Å². The Morgan fingerprint density at radius 2 is 1.82 bits per heavy atom. The fourth-order valence-corrected chi connectivity index (χ4v) is 2.11. The fraction of sp³-hybridized carbons (Fsp3) is 0.0833. The van der Waals surface area contributed by atoms with Gasteiger partial charge in [0.2, 0.25) is 0 Å². The van der Waals surface area contributed by atoms with Gasteiger partial charge in [-0.3, -0.25) is 0 Å². The highest BCUT2D eigenvalue weighted by atomic mass is 32.2. The zero-order valence-corrected chi connectivity index (χ0v) is 9.94. The van der Waals surface area contributed by atoms with E-state index >= 15 is 0 Å². The molecule has 0 amide bonds. The van der Waals surface area contributed by atoms with Gasteiger partial charge in [0.15, 0.2) is 5.69 Å². The van der Waals surface area contributed by atoms with E-state index < -0.39 is 5.97 Å². The van der Waals surface area contributed by atoms with Gasteiger partial charge >= 0.3 is 5.97 Å². The molecule has 0 unspecified atom stereocenters. The number of nitrogens with zero attached hydrogens (tertiary/aromatic N) is 2. The summed E-state index contributed by atoms with van der Waals surface area (Å²) in [4.78, 5) is 19.7. The molecule has 0 radical (unpaired) electrons. The Labute approximate surface area is 103 Å².